The maximum absolute atomic E-state index is 12.7. The van der Waals surface area contributed by atoms with Crippen molar-refractivity contribution in [2.45, 2.75) is 66.6 Å². The summed E-state index contributed by atoms with van der Waals surface area (Å²) in [5, 5.41) is 12.8. The third-order valence-electron chi connectivity index (χ3n) is 6.18. The van der Waals surface area contributed by atoms with Gasteiger partial charge in [-0.15, -0.1) is 0 Å². The van der Waals surface area contributed by atoms with Crippen molar-refractivity contribution in [2.24, 2.45) is 0 Å². The SMILES string of the molecule is CCCc1cc(C)[nH]c(=O)c1CNCc1cc(-c2ccnnc2)cc2c1c(C)cn2C(C)C. The number of aromatic amines is 1. The summed E-state index contributed by atoms with van der Waals surface area (Å²) < 4.78 is 2.33. The van der Waals surface area contributed by atoms with E-state index >= 15 is 0 Å². The van der Waals surface area contributed by atoms with E-state index in [1.807, 2.05) is 13.0 Å². The van der Waals surface area contributed by atoms with Crippen LogP contribution in [0.4, 0.5) is 0 Å². The van der Waals surface area contributed by atoms with Gasteiger partial charge in [0, 0.05) is 53.1 Å². The Morgan fingerprint density at radius 1 is 1.06 bits per heavy atom. The lowest BCUT2D eigenvalue weighted by molar-refractivity contribution is 0.622. The predicted octanol–water partition coefficient (Wildman–Crippen LogP) is 5.23. The van der Waals surface area contributed by atoms with Crippen LogP contribution in [-0.2, 0) is 19.5 Å². The molecule has 0 saturated heterocycles. The molecule has 3 heterocycles. The molecular formula is C27H33N5O. The summed E-state index contributed by atoms with van der Waals surface area (Å²) >= 11 is 0. The lowest BCUT2D eigenvalue weighted by atomic mass is 9.99. The van der Waals surface area contributed by atoms with Crippen LogP contribution in [0.25, 0.3) is 22.0 Å². The van der Waals surface area contributed by atoms with Crippen LogP contribution in [0.5, 0.6) is 0 Å². The summed E-state index contributed by atoms with van der Waals surface area (Å²) in [5.41, 5.74) is 8.75. The first kappa shape index (κ1) is 22.9. The van der Waals surface area contributed by atoms with Crippen LogP contribution in [-0.4, -0.2) is 19.7 Å². The Labute approximate surface area is 195 Å². The van der Waals surface area contributed by atoms with Gasteiger partial charge in [0.25, 0.3) is 5.56 Å². The second-order valence-corrected chi connectivity index (χ2v) is 9.11. The Balaban J connectivity index is 1.71. The van der Waals surface area contributed by atoms with Crippen LogP contribution in [0.15, 0.2) is 47.7 Å². The second kappa shape index (κ2) is 9.71. The van der Waals surface area contributed by atoms with Crippen molar-refractivity contribution in [1.29, 1.82) is 0 Å². The highest BCUT2D eigenvalue weighted by Crippen LogP contribution is 2.32. The number of nitrogens with one attached hydrogen (secondary N) is 2. The number of aryl methyl sites for hydroxylation is 3. The highest BCUT2D eigenvalue weighted by atomic mass is 16.1. The quantitative estimate of drug-likeness (QED) is 0.391. The number of benzene rings is 1. The van der Waals surface area contributed by atoms with Crippen molar-refractivity contribution < 1.29 is 0 Å². The van der Waals surface area contributed by atoms with Crippen LogP contribution < -0.4 is 10.9 Å². The molecule has 0 fully saturated rings. The number of hydrogen-bond acceptors (Lipinski definition) is 4. The van der Waals surface area contributed by atoms with Crippen LogP contribution in [0, 0.1) is 13.8 Å². The normalized spacial score (nSPS) is 11.6. The van der Waals surface area contributed by atoms with E-state index in [1.54, 1.807) is 12.4 Å². The summed E-state index contributed by atoms with van der Waals surface area (Å²) in [6.07, 6.45) is 7.69. The second-order valence-electron chi connectivity index (χ2n) is 9.11. The minimum absolute atomic E-state index is 0.00912. The number of rotatable bonds is 8. The van der Waals surface area contributed by atoms with Gasteiger partial charge in [-0.05, 0) is 80.6 Å². The zero-order valence-corrected chi connectivity index (χ0v) is 20.2. The van der Waals surface area contributed by atoms with Gasteiger partial charge in [-0.2, -0.15) is 10.2 Å². The molecule has 33 heavy (non-hydrogen) atoms. The molecule has 0 radical (unpaired) electrons. The topological polar surface area (TPSA) is 75.6 Å². The Morgan fingerprint density at radius 2 is 1.88 bits per heavy atom. The molecule has 2 N–H and O–H groups in total. The first-order chi connectivity index (χ1) is 15.9. The Morgan fingerprint density at radius 3 is 2.58 bits per heavy atom. The molecule has 0 saturated carbocycles. The van der Waals surface area contributed by atoms with Crippen molar-refractivity contribution >= 4 is 10.9 Å². The molecule has 0 spiro atoms. The smallest absolute Gasteiger partial charge is 0.252 e. The van der Waals surface area contributed by atoms with Crippen molar-refractivity contribution in [3.8, 4) is 11.1 Å². The van der Waals surface area contributed by atoms with E-state index in [0.29, 0.717) is 19.1 Å². The van der Waals surface area contributed by atoms with Crippen molar-refractivity contribution in [2.75, 3.05) is 0 Å². The minimum atomic E-state index is 0.00912. The van der Waals surface area contributed by atoms with Crippen LogP contribution in [0.1, 0.15) is 61.2 Å². The van der Waals surface area contributed by atoms with Gasteiger partial charge in [0.05, 0.1) is 12.4 Å². The third kappa shape index (κ3) is 4.76. The summed E-state index contributed by atoms with van der Waals surface area (Å²) in [6.45, 7) is 11.9. The van der Waals surface area contributed by atoms with Crippen LogP contribution in [0.3, 0.4) is 0 Å². The number of aromatic nitrogens is 4. The fourth-order valence-electron chi connectivity index (χ4n) is 4.68. The van der Waals surface area contributed by atoms with Crippen molar-refractivity contribution in [1.82, 2.24) is 25.1 Å². The fourth-order valence-corrected chi connectivity index (χ4v) is 4.68. The summed E-state index contributed by atoms with van der Waals surface area (Å²) in [7, 11) is 0. The lowest BCUT2D eigenvalue weighted by Gasteiger charge is -2.14. The highest BCUT2D eigenvalue weighted by molar-refractivity contribution is 5.91. The maximum Gasteiger partial charge on any atom is 0.252 e. The zero-order valence-electron chi connectivity index (χ0n) is 20.2. The van der Waals surface area contributed by atoms with Gasteiger partial charge in [0.15, 0.2) is 0 Å². The number of nitrogens with zero attached hydrogens (tertiary/aromatic N) is 3. The molecule has 3 aromatic heterocycles. The molecule has 0 aliphatic rings. The van der Waals surface area contributed by atoms with E-state index in [4.69, 9.17) is 0 Å². The van der Waals surface area contributed by atoms with E-state index in [1.165, 1.54) is 22.0 Å². The lowest BCUT2D eigenvalue weighted by Crippen LogP contribution is -2.23. The molecule has 4 rings (SSSR count). The average molecular weight is 444 g/mol. The standard InChI is InChI=1S/C27H33N5O/c1-6-7-20-10-19(5)31-27(33)24(20)15-28-13-23-11-22(21-8-9-29-30-14-21)12-25-26(23)18(4)16-32(25)17(2)3/h8-12,14,16-17,28H,6-7,13,15H2,1-5H3,(H,31,33). The van der Waals surface area contributed by atoms with Gasteiger partial charge in [-0.3, -0.25) is 4.79 Å². The highest BCUT2D eigenvalue weighted by Gasteiger charge is 2.15. The molecule has 0 aliphatic carbocycles. The zero-order chi connectivity index (χ0) is 23.5. The van der Waals surface area contributed by atoms with Gasteiger partial charge in [0.2, 0.25) is 0 Å². The largest absolute Gasteiger partial charge is 0.345 e. The molecule has 0 aliphatic heterocycles. The maximum atomic E-state index is 12.7. The third-order valence-corrected chi connectivity index (χ3v) is 6.18. The van der Waals surface area contributed by atoms with E-state index < -0.39 is 0 Å². The van der Waals surface area contributed by atoms with E-state index in [0.717, 1.165) is 40.8 Å². The fraction of sp³-hybridized carbons (Fsp3) is 0.370. The van der Waals surface area contributed by atoms with Gasteiger partial charge in [0.1, 0.15) is 0 Å². The molecule has 4 aromatic rings. The van der Waals surface area contributed by atoms with E-state index in [2.05, 4.69) is 77.2 Å². The molecular weight excluding hydrogens is 410 g/mol. The molecule has 172 valence electrons. The van der Waals surface area contributed by atoms with Gasteiger partial charge < -0.3 is 14.9 Å². The van der Waals surface area contributed by atoms with Crippen LogP contribution in [0.2, 0.25) is 0 Å². The van der Waals surface area contributed by atoms with E-state index in [9.17, 15) is 4.79 Å². The van der Waals surface area contributed by atoms with E-state index in [-0.39, 0.29) is 5.56 Å². The average Bonchev–Trinajstić information content (AvgIpc) is 3.13. The predicted molar refractivity (Wildman–Crippen MR) is 134 cm³/mol. The summed E-state index contributed by atoms with van der Waals surface area (Å²) in [4.78, 5) is 15.6. The first-order valence-corrected chi connectivity index (χ1v) is 11.7. The Bertz CT molecular complexity index is 1320. The Hall–Kier alpha value is -3.25. The molecule has 0 amide bonds. The van der Waals surface area contributed by atoms with Crippen molar-refractivity contribution in [3.05, 3.63) is 81.2 Å². The molecule has 6 heteroatoms. The monoisotopic (exact) mass is 443 g/mol. The first-order valence-electron chi connectivity index (χ1n) is 11.7. The van der Waals surface area contributed by atoms with Gasteiger partial charge in [-0.25, -0.2) is 0 Å². The summed E-state index contributed by atoms with van der Waals surface area (Å²) in [6, 6.07) is 8.92. The van der Waals surface area contributed by atoms with Gasteiger partial charge in [-0.1, -0.05) is 13.3 Å². The van der Waals surface area contributed by atoms with Gasteiger partial charge >= 0.3 is 0 Å². The number of fused-ring (bicyclic) bond motifs is 1. The molecule has 6 nitrogen and oxygen atoms in total. The minimum Gasteiger partial charge on any atom is -0.345 e. The Kier molecular flexibility index (Phi) is 6.75. The number of pyridine rings is 1. The molecule has 0 unspecified atom stereocenters. The molecule has 0 bridgehead atoms. The van der Waals surface area contributed by atoms with Crippen LogP contribution >= 0.6 is 0 Å². The van der Waals surface area contributed by atoms with Crippen molar-refractivity contribution in [3.63, 3.8) is 0 Å². The molecule has 1 aromatic carbocycles. The molecule has 0 atom stereocenters. The summed E-state index contributed by atoms with van der Waals surface area (Å²) in [5.74, 6) is 0. The number of H-pyrrole nitrogens is 1. The number of hydrogen-bond donors (Lipinski definition) is 2.